The zero-order valence-electron chi connectivity index (χ0n) is 14.1. The molecule has 4 heteroatoms. The Hall–Kier alpha value is -2.20. The fourth-order valence-electron chi connectivity index (χ4n) is 2.90. The minimum absolute atomic E-state index is 0.0479. The largest absolute Gasteiger partial charge is 0.361 e. The highest BCUT2D eigenvalue weighted by molar-refractivity contribution is 7.98. The van der Waals surface area contributed by atoms with E-state index in [2.05, 4.69) is 65.9 Å². The van der Waals surface area contributed by atoms with Crippen molar-refractivity contribution in [3.63, 3.8) is 0 Å². The molecule has 0 saturated carbocycles. The lowest BCUT2D eigenvalue weighted by Crippen LogP contribution is -2.24. The van der Waals surface area contributed by atoms with E-state index in [9.17, 15) is 4.79 Å². The second kappa shape index (κ2) is 7.58. The molecule has 0 aliphatic carbocycles. The highest BCUT2D eigenvalue weighted by Crippen LogP contribution is 2.22. The predicted molar refractivity (Wildman–Crippen MR) is 101 cm³/mol. The van der Waals surface area contributed by atoms with E-state index in [0.717, 1.165) is 28.5 Å². The summed E-state index contributed by atoms with van der Waals surface area (Å²) in [7, 11) is 0. The molecule has 0 radical (unpaired) electrons. The molecule has 3 aromatic rings. The van der Waals surface area contributed by atoms with Crippen molar-refractivity contribution in [1.29, 1.82) is 0 Å². The summed E-state index contributed by atoms with van der Waals surface area (Å²) in [6.07, 6.45) is 5.39. The number of fused-ring (bicyclic) bond motifs is 1. The van der Waals surface area contributed by atoms with E-state index in [1.54, 1.807) is 11.8 Å². The van der Waals surface area contributed by atoms with Gasteiger partial charge in [0, 0.05) is 28.5 Å². The fourth-order valence-corrected chi connectivity index (χ4v) is 3.30. The molecule has 3 nitrogen and oxygen atoms in total. The van der Waals surface area contributed by atoms with E-state index in [4.69, 9.17) is 0 Å². The number of para-hydroxylation sites is 1. The third-order valence-electron chi connectivity index (χ3n) is 4.27. The highest BCUT2D eigenvalue weighted by Gasteiger charge is 2.10. The number of aromatic amines is 1. The number of nitrogens with one attached hydrogen (secondary N) is 2. The topological polar surface area (TPSA) is 44.9 Å². The molecular weight excluding hydrogens is 316 g/mol. The van der Waals surface area contributed by atoms with Gasteiger partial charge in [0.05, 0.1) is 6.42 Å². The van der Waals surface area contributed by atoms with Gasteiger partial charge in [-0.2, -0.15) is 0 Å². The molecule has 0 fully saturated rings. The van der Waals surface area contributed by atoms with E-state index >= 15 is 0 Å². The van der Waals surface area contributed by atoms with Crippen LogP contribution in [0, 0.1) is 0 Å². The lowest BCUT2D eigenvalue weighted by molar-refractivity contribution is -0.120. The monoisotopic (exact) mass is 338 g/mol. The van der Waals surface area contributed by atoms with Crippen LogP contribution in [0.4, 0.5) is 0 Å². The molecule has 0 bridgehead atoms. The molecular formula is C20H22N2OS. The minimum Gasteiger partial charge on any atom is -0.361 e. The van der Waals surface area contributed by atoms with Gasteiger partial charge in [-0.1, -0.05) is 37.3 Å². The first-order chi connectivity index (χ1) is 11.7. The van der Waals surface area contributed by atoms with Crippen LogP contribution in [0.3, 0.4) is 0 Å². The van der Waals surface area contributed by atoms with Gasteiger partial charge in [0.2, 0.25) is 5.91 Å². The number of H-pyrrole nitrogens is 1. The number of hydrogen-bond acceptors (Lipinski definition) is 2. The van der Waals surface area contributed by atoms with Crippen molar-refractivity contribution >= 4 is 28.6 Å². The average Bonchev–Trinajstić information content (AvgIpc) is 3.03. The van der Waals surface area contributed by atoms with Gasteiger partial charge in [0.1, 0.15) is 0 Å². The Bertz CT molecular complexity index is 836. The molecule has 2 aromatic carbocycles. The molecule has 0 spiro atoms. The third kappa shape index (κ3) is 3.65. The average molecular weight is 338 g/mol. The molecule has 2 N–H and O–H groups in total. The number of aromatic nitrogens is 1. The molecule has 3 rings (SSSR count). The Morgan fingerprint density at radius 3 is 2.62 bits per heavy atom. The number of thioether (sulfide) groups is 1. The Labute approximate surface area is 146 Å². The van der Waals surface area contributed by atoms with Crippen LogP contribution < -0.4 is 5.32 Å². The van der Waals surface area contributed by atoms with E-state index in [1.807, 2.05) is 6.20 Å². The molecule has 1 amide bonds. The summed E-state index contributed by atoms with van der Waals surface area (Å²) in [6.45, 7) is 2.71. The summed E-state index contributed by atoms with van der Waals surface area (Å²) in [5.41, 5.74) is 4.60. The normalized spacial score (nSPS) is 10.9. The van der Waals surface area contributed by atoms with Crippen LogP contribution in [0.25, 0.3) is 10.9 Å². The lowest BCUT2D eigenvalue weighted by atomic mass is 10.1. The van der Waals surface area contributed by atoms with Crippen LogP contribution in [0.1, 0.15) is 23.6 Å². The zero-order chi connectivity index (χ0) is 16.9. The van der Waals surface area contributed by atoms with Crippen molar-refractivity contribution in [2.75, 3.05) is 6.26 Å². The number of carbonyl (C=O) groups is 1. The second-order valence-corrected chi connectivity index (χ2v) is 6.69. The number of benzene rings is 2. The van der Waals surface area contributed by atoms with Crippen molar-refractivity contribution in [3.05, 3.63) is 65.4 Å². The number of rotatable bonds is 6. The lowest BCUT2D eigenvalue weighted by Gasteiger charge is -2.06. The van der Waals surface area contributed by atoms with Crippen molar-refractivity contribution in [2.45, 2.75) is 31.2 Å². The number of carbonyl (C=O) groups excluding carboxylic acids is 1. The van der Waals surface area contributed by atoms with Crippen LogP contribution in [0.5, 0.6) is 0 Å². The summed E-state index contributed by atoms with van der Waals surface area (Å²) in [4.78, 5) is 16.8. The quantitative estimate of drug-likeness (QED) is 0.658. The van der Waals surface area contributed by atoms with Crippen LogP contribution in [0.2, 0.25) is 0 Å². The molecule has 0 aliphatic heterocycles. The molecule has 1 heterocycles. The maximum absolute atomic E-state index is 12.3. The van der Waals surface area contributed by atoms with Crippen molar-refractivity contribution in [3.8, 4) is 0 Å². The van der Waals surface area contributed by atoms with Gasteiger partial charge in [-0.05, 0) is 41.5 Å². The SMILES string of the molecule is CCc1cccc2c(CC(=O)NCc3ccc(SC)cc3)c[nH]c12. The van der Waals surface area contributed by atoms with Crippen LogP contribution >= 0.6 is 11.8 Å². The standard InChI is InChI=1S/C20H22N2OS/c1-3-15-5-4-6-18-16(13-22-20(15)18)11-19(23)21-12-14-7-9-17(24-2)10-8-14/h4-10,13,22H,3,11-12H2,1-2H3,(H,21,23). The Balaban J connectivity index is 1.64. The van der Waals surface area contributed by atoms with Gasteiger partial charge >= 0.3 is 0 Å². The maximum Gasteiger partial charge on any atom is 0.224 e. The summed E-state index contributed by atoms with van der Waals surface area (Å²) in [6, 6.07) is 14.5. The summed E-state index contributed by atoms with van der Waals surface area (Å²) in [5, 5.41) is 4.16. The number of aryl methyl sites for hydroxylation is 1. The van der Waals surface area contributed by atoms with E-state index in [0.29, 0.717) is 13.0 Å². The van der Waals surface area contributed by atoms with Gasteiger partial charge < -0.3 is 10.3 Å². The summed E-state index contributed by atoms with van der Waals surface area (Å²) >= 11 is 1.72. The van der Waals surface area contributed by atoms with Crippen molar-refractivity contribution in [1.82, 2.24) is 10.3 Å². The van der Waals surface area contributed by atoms with E-state index in [1.165, 1.54) is 10.5 Å². The molecule has 124 valence electrons. The zero-order valence-corrected chi connectivity index (χ0v) is 14.9. The van der Waals surface area contributed by atoms with Gasteiger partial charge in [-0.25, -0.2) is 0 Å². The Morgan fingerprint density at radius 1 is 1.12 bits per heavy atom. The van der Waals surface area contributed by atoms with Gasteiger partial charge in [0.25, 0.3) is 0 Å². The summed E-state index contributed by atoms with van der Waals surface area (Å²) in [5.74, 6) is 0.0479. The third-order valence-corrected chi connectivity index (χ3v) is 5.01. The predicted octanol–water partition coefficient (Wildman–Crippen LogP) is 4.31. The van der Waals surface area contributed by atoms with Crippen LogP contribution in [-0.2, 0) is 24.2 Å². The van der Waals surface area contributed by atoms with Crippen LogP contribution in [-0.4, -0.2) is 17.1 Å². The highest BCUT2D eigenvalue weighted by atomic mass is 32.2. The molecule has 24 heavy (non-hydrogen) atoms. The van der Waals surface area contributed by atoms with Crippen LogP contribution in [0.15, 0.2) is 53.6 Å². The van der Waals surface area contributed by atoms with E-state index in [-0.39, 0.29) is 5.91 Å². The molecule has 0 atom stereocenters. The Kier molecular flexibility index (Phi) is 5.26. The van der Waals surface area contributed by atoms with E-state index < -0.39 is 0 Å². The fraction of sp³-hybridized carbons (Fsp3) is 0.250. The second-order valence-electron chi connectivity index (χ2n) is 5.81. The number of amides is 1. The van der Waals surface area contributed by atoms with Gasteiger partial charge in [-0.15, -0.1) is 11.8 Å². The minimum atomic E-state index is 0.0479. The maximum atomic E-state index is 12.3. The van der Waals surface area contributed by atoms with Crippen molar-refractivity contribution < 1.29 is 4.79 Å². The first-order valence-electron chi connectivity index (χ1n) is 8.18. The van der Waals surface area contributed by atoms with Gasteiger partial charge in [0.15, 0.2) is 0 Å². The molecule has 0 aliphatic rings. The smallest absolute Gasteiger partial charge is 0.224 e. The molecule has 1 aromatic heterocycles. The number of hydrogen-bond donors (Lipinski definition) is 2. The van der Waals surface area contributed by atoms with Gasteiger partial charge in [-0.3, -0.25) is 4.79 Å². The first kappa shape index (κ1) is 16.7. The molecule has 0 unspecified atom stereocenters. The Morgan fingerprint density at radius 2 is 1.92 bits per heavy atom. The first-order valence-corrected chi connectivity index (χ1v) is 9.41. The summed E-state index contributed by atoms with van der Waals surface area (Å²) < 4.78 is 0. The van der Waals surface area contributed by atoms with Crippen molar-refractivity contribution in [2.24, 2.45) is 0 Å². The molecule has 0 saturated heterocycles.